The van der Waals surface area contributed by atoms with Gasteiger partial charge in [0.25, 0.3) is 5.91 Å². The summed E-state index contributed by atoms with van der Waals surface area (Å²) in [4.78, 5) is 30.3. The van der Waals surface area contributed by atoms with E-state index in [0.29, 0.717) is 32.5 Å². The van der Waals surface area contributed by atoms with Crippen LogP contribution in [-0.2, 0) is 14.3 Å². The molecule has 7 nitrogen and oxygen atoms in total. The summed E-state index contributed by atoms with van der Waals surface area (Å²) in [5.74, 6) is 0.272. The highest BCUT2D eigenvalue weighted by molar-refractivity contribution is 5.80. The van der Waals surface area contributed by atoms with Gasteiger partial charge in [-0.2, -0.15) is 0 Å². The lowest BCUT2D eigenvalue weighted by Gasteiger charge is -2.38. The fourth-order valence-corrected chi connectivity index (χ4v) is 4.19. The normalized spacial score (nSPS) is 20.1. The Bertz CT molecular complexity index is 663. The van der Waals surface area contributed by atoms with Gasteiger partial charge >= 0.3 is 5.97 Å². The third-order valence-electron chi connectivity index (χ3n) is 6.03. The van der Waals surface area contributed by atoms with E-state index in [4.69, 9.17) is 4.74 Å². The van der Waals surface area contributed by atoms with Crippen LogP contribution in [0.4, 0.5) is 5.69 Å². The minimum Gasteiger partial charge on any atom is -0.508 e. The number of aromatic hydroxyl groups is 1. The lowest BCUT2D eigenvalue weighted by molar-refractivity contribution is -0.915. The van der Waals surface area contributed by atoms with E-state index < -0.39 is 0 Å². The molecule has 2 saturated heterocycles. The van der Waals surface area contributed by atoms with Crippen molar-refractivity contribution >= 4 is 17.6 Å². The predicted octanol–water partition coefficient (Wildman–Crippen LogP) is 0.287. The number of hydrogen-bond donors (Lipinski definition) is 2. The second-order valence-electron chi connectivity index (χ2n) is 7.73. The van der Waals surface area contributed by atoms with E-state index in [-0.39, 0.29) is 29.6 Å². The average molecular weight is 391 g/mol. The lowest BCUT2D eigenvalue weighted by atomic mass is 9.96. The van der Waals surface area contributed by atoms with Crippen LogP contribution >= 0.6 is 0 Å². The highest BCUT2D eigenvalue weighted by Gasteiger charge is 2.35. The molecule has 0 unspecified atom stereocenters. The van der Waals surface area contributed by atoms with Gasteiger partial charge in [-0.15, -0.1) is 0 Å². The zero-order chi connectivity index (χ0) is 20.1. The number of benzene rings is 1. The van der Waals surface area contributed by atoms with Crippen molar-refractivity contribution in [2.45, 2.75) is 32.7 Å². The molecule has 0 saturated carbocycles. The molecule has 28 heavy (non-hydrogen) atoms. The van der Waals surface area contributed by atoms with Crippen molar-refractivity contribution in [2.24, 2.45) is 5.92 Å². The van der Waals surface area contributed by atoms with E-state index in [1.54, 1.807) is 12.1 Å². The van der Waals surface area contributed by atoms with Crippen LogP contribution in [-0.4, -0.2) is 73.8 Å². The molecule has 2 fully saturated rings. The summed E-state index contributed by atoms with van der Waals surface area (Å²) in [6, 6.07) is 7.22. The number of phenolic OH excluding ortho intramolecular Hbond substituents is 1. The number of nitrogens with one attached hydrogen (secondary N) is 1. The maximum Gasteiger partial charge on any atom is 0.309 e. The smallest absolute Gasteiger partial charge is 0.309 e. The highest BCUT2D eigenvalue weighted by atomic mass is 16.5. The van der Waals surface area contributed by atoms with Gasteiger partial charge in [0.2, 0.25) is 0 Å². The number of carbonyl (C=O) groups is 2. The summed E-state index contributed by atoms with van der Waals surface area (Å²) < 4.78 is 5.11. The van der Waals surface area contributed by atoms with Crippen LogP contribution < -0.4 is 9.80 Å². The van der Waals surface area contributed by atoms with Gasteiger partial charge in [0.15, 0.2) is 6.04 Å². The second kappa shape index (κ2) is 9.28. The van der Waals surface area contributed by atoms with E-state index in [1.165, 1.54) is 4.90 Å². The summed E-state index contributed by atoms with van der Waals surface area (Å²) in [5.41, 5.74) is 1.11. The third-order valence-corrected chi connectivity index (χ3v) is 6.03. The molecule has 0 spiro atoms. The van der Waals surface area contributed by atoms with Crippen molar-refractivity contribution < 1.29 is 24.3 Å². The molecule has 2 aliphatic heterocycles. The number of likely N-dealkylation sites (tertiary alicyclic amines) is 1. The van der Waals surface area contributed by atoms with Crippen LogP contribution in [0.3, 0.4) is 0 Å². The topological polar surface area (TPSA) is 74.5 Å². The molecule has 2 heterocycles. The van der Waals surface area contributed by atoms with E-state index in [9.17, 15) is 14.7 Å². The first kappa shape index (κ1) is 20.5. The van der Waals surface area contributed by atoms with Crippen molar-refractivity contribution in [2.75, 3.05) is 50.8 Å². The molecule has 7 heteroatoms. The number of carbonyl (C=O) groups excluding carboxylic acids is 2. The van der Waals surface area contributed by atoms with Gasteiger partial charge in [0, 0.05) is 18.8 Å². The molecule has 0 bridgehead atoms. The number of piperidine rings is 1. The number of nitrogens with zero attached hydrogens (tertiary/aromatic N) is 2. The molecule has 1 atom stereocenters. The molecule has 1 aromatic carbocycles. The number of anilines is 1. The van der Waals surface area contributed by atoms with Crippen LogP contribution in [0.2, 0.25) is 0 Å². The maximum absolute atomic E-state index is 12.9. The summed E-state index contributed by atoms with van der Waals surface area (Å²) in [6.07, 6.45) is 1.39. The lowest BCUT2D eigenvalue weighted by Crippen LogP contribution is -3.19. The quantitative estimate of drug-likeness (QED) is 0.707. The minimum absolute atomic E-state index is 0.0684. The SMILES string of the molecule is CCOC(=O)C1CCN(C(=O)[C@@H](C)[NH+]2CCN(c3ccc(O)cc3)CC2)CC1. The summed E-state index contributed by atoms with van der Waals surface area (Å²) >= 11 is 0. The van der Waals surface area contributed by atoms with Crippen molar-refractivity contribution in [3.8, 4) is 5.75 Å². The molecule has 2 aliphatic rings. The first-order valence-corrected chi connectivity index (χ1v) is 10.3. The molecule has 3 rings (SSSR count). The number of rotatable bonds is 5. The standard InChI is InChI=1S/C21H31N3O4/c1-3-28-21(27)17-8-10-24(11-9-17)20(26)16(2)22-12-14-23(15-13-22)18-4-6-19(25)7-5-18/h4-7,16-17,25H,3,8-15H2,1-2H3/p+1/t16-/m1/s1. The van der Waals surface area contributed by atoms with Crippen molar-refractivity contribution in [1.29, 1.82) is 0 Å². The first-order chi connectivity index (χ1) is 13.5. The van der Waals surface area contributed by atoms with Crippen LogP contribution in [0.25, 0.3) is 0 Å². The summed E-state index contributed by atoms with van der Waals surface area (Å²) in [7, 11) is 0. The Hall–Kier alpha value is -2.28. The Balaban J connectivity index is 1.47. The zero-order valence-electron chi connectivity index (χ0n) is 16.9. The van der Waals surface area contributed by atoms with Gasteiger partial charge in [-0.05, 0) is 51.0 Å². The van der Waals surface area contributed by atoms with Crippen molar-refractivity contribution in [3.05, 3.63) is 24.3 Å². The van der Waals surface area contributed by atoms with Gasteiger partial charge < -0.3 is 24.5 Å². The molecule has 0 aromatic heterocycles. The number of phenols is 1. The summed E-state index contributed by atoms with van der Waals surface area (Å²) in [6.45, 7) is 9.13. The molecule has 1 aromatic rings. The van der Waals surface area contributed by atoms with Crippen LogP contribution in [0, 0.1) is 5.92 Å². The number of hydrogen-bond acceptors (Lipinski definition) is 5. The number of piperazine rings is 1. The van der Waals surface area contributed by atoms with Crippen molar-refractivity contribution in [3.63, 3.8) is 0 Å². The van der Waals surface area contributed by atoms with Gasteiger partial charge in [-0.25, -0.2) is 0 Å². The van der Waals surface area contributed by atoms with E-state index in [0.717, 1.165) is 31.9 Å². The molecular formula is C21H32N3O4+. The summed E-state index contributed by atoms with van der Waals surface area (Å²) in [5, 5.41) is 9.44. The third kappa shape index (κ3) is 4.76. The van der Waals surface area contributed by atoms with Gasteiger partial charge in [-0.1, -0.05) is 0 Å². The fraction of sp³-hybridized carbons (Fsp3) is 0.619. The van der Waals surface area contributed by atoms with Crippen molar-refractivity contribution in [1.82, 2.24) is 4.90 Å². The largest absolute Gasteiger partial charge is 0.508 e. The zero-order valence-corrected chi connectivity index (χ0v) is 16.9. The number of esters is 1. The van der Waals surface area contributed by atoms with Gasteiger partial charge in [-0.3, -0.25) is 9.59 Å². The Morgan fingerprint density at radius 2 is 1.75 bits per heavy atom. The van der Waals surface area contributed by atoms with Crippen LogP contribution in [0.5, 0.6) is 5.75 Å². The monoisotopic (exact) mass is 390 g/mol. The van der Waals surface area contributed by atoms with E-state index in [2.05, 4.69) is 4.90 Å². The molecule has 0 aliphatic carbocycles. The Kier molecular flexibility index (Phi) is 6.78. The van der Waals surface area contributed by atoms with E-state index in [1.807, 2.05) is 30.9 Å². The first-order valence-electron chi connectivity index (χ1n) is 10.3. The Morgan fingerprint density at radius 1 is 1.14 bits per heavy atom. The van der Waals surface area contributed by atoms with Crippen LogP contribution in [0.15, 0.2) is 24.3 Å². The minimum atomic E-state index is -0.126. The van der Waals surface area contributed by atoms with Crippen LogP contribution in [0.1, 0.15) is 26.7 Å². The molecule has 2 N–H and O–H groups in total. The number of quaternary nitrogens is 1. The van der Waals surface area contributed by atoms with Gasteiger partial charge in [0.05, 0.1) is 38.7 Å². The number of ether oxygens (including phenoxy) is 1. The predicted molar refractivity (Wildman–Crippen MR) is 106 cm³/mol. The van der Waals surface area contributed by atoms with Gasteiger partial charge in [0.1, 0.15) is 5.75 Å². The van der Waals surface area contributed by atoms with E-state index >= 15 is 0 Å². The molecule has 1 amide bonds. The average Bonchev–Trinajstić information content (AvgIpc) is 2.74. The Labute approximate surface area is 166 Å². The molecule has 0 radical (unpaired) electrons. The second-order valence-corrected chi connectivity index (χ2v) is 7.73. The fourth-order valence-electron chi connectivity index (χ4n) is 4.19. The highest BCUT2D eigenvalue weighted by Crippen LogP contribution is 2.20. The Morgan fingerprint density at radius 3 is 2.32 bits per heavy atom. The number of amides is 1. The maximum atomic E-state index is 12.9. The molecular weight excluding hydrogens is 358 g/mol. The molecule has 154 valence electrons.